The summed E-state index contributed by atoms with van der Waals surface area (Å²) in [4.78, 5) is 0. The number of halogens is 2. The zero-order chi connectivity index (χ0) is 18.1. The molecule has 128 valence electrons. The summed E-state index contributed by atoms with van der Waals surface area (Å²) in [6, 6.07) is 27.1. The highest BCUT2D eigenvalue weighted by Crippen LogP contribution is 2.44. The molecule has 0 fully saturated rings. The van der Waals surface area contributed by atoms with E-state index in [9.17, 15) is 5.11 Å². The van der Waals surface area contributed by atoms with Crippen LogP contribution in [0.5, 0.6) is 5.75 Å². The van der Waals surface area contributed by atoms with E-state index in [1.807, 2.05) is 78.9 Å². The molecule has 0 aliphatic rings. The van der Waals surface area contributed by atoms with Crippen molar-refractivity contribution in [2.75, 3.05) is 0 Å². The Balaban J connectivity index is 2.09. The Labute approximate surface area is 162 Å². The topological polar surface area (TPSA) is 20.2 Å². The summed E-state index contributed by atoms with van der Waals surface area (Å²) in [6.07, 6.45) is 0. The van der Waals surface area contributed by atoms with E-state index < -0.39 is 0 Å². The largest absolute Gasteiger partial charge is 0.508 e. The predicted octanol–water partition coefficient (Wildman–Crippen LogP) is 7.03. The number of phenolic OH excluding ortho intramolecular Hbond substituents is 1. The first-order chi connectivity index (χ1) is 12.7. The normalized spacial score (nSPS) is 11.2. The fraction of sp³-hybridized carbons (Fsp3) is 0.0435. The van der Waals surface area contributed by atoms with Crippen molar-refractivity contribution in [3.05, 3.63) is 112 Å². The highest BCUT2D eigenvalue weighted by Gasteiger charge is 2.25. The molecule has 4 rings (SSSR count). The van der Waals surface area contributed by atoms with Gasteiger partial charge in [0.1, 0.15) is 5.75 Å². The van der Waals surface area contributed by atoms with Gasteiger partial charge in [-0.25, -0.2) is 0 Å². The van der Waals surface area contributed by atoms with Crippen LogP contribution in [0.3, 0.4) is 0 Å². The maximum Gasteiger partial charge on any atom is 0.120 e. The zero-order valence-electron chi connectivity index (χ0n) is 13.9. The minimum absolute atomic E-state index is 0.230. The minimum atomic E-state index is -0.275. The van der Waals surface area contributed by atoms with E-state index in [1.54, 1.807) is 6.07 Å². The summed E-state index contributed by atoms with van der Waals surface area (Å²) in [5.74, 6) is -0.0444. The molecule has 0 saturated heterocycles. The molecule has 3 heteroatoms. The van der Waals surface area contributed by atoms with Gasteiger partial charge in [-0.05, 0) is 40.1 Å². The van der Waals surface area contributed by atoms with Crippen molar-refractivity contribution in [1.29, 1.82) is 0 Å². The fourth-order valence-corrected chi connectivity index (χ4v) is 3.97. The summed E-state index contributed by atoms with van der Waals surface area (Å²) in [7, 11) is 0. The molecule has 1 N–H and O–H groups in total. The standard InChI is InChI=1S/C23H16Cl2O/c24-19-11-5-3-9-17(19)22(18-10-4-6-12-20(18)25)23-16-8-2-1-7-15(16)13-14-21(23)26/h1-14,22,26H. The SMILES string of the molecule is Oc1ccc2ccccc2c1C(c1ccccc1Cl)c1ccccc1Cl. The number of phenols is 1. The number of hydrogen-bond donors (Lipinski definition) is 1. The van der Waals surface area contributed by atoms with Crippen LogP contribution in [0.25, 0.3) is 10.8 Å². The molecule has 0 atom stereocenters. The van der Waals surface area contributed by atoms with Gasteiger partial charge < -0.3 is 5.11 Å². The number of fused-ring (bicyclic) bond motifs is 1. The molecule has 0 radical (unpaired) electrons. The van der Waals surface area contributed by atoms with Crippen LogP contribution >= 0.6 is 23.2 Å². The lowest BCUT2D eigenvalue weighted by Gasteiger charge is -2.23. The van der Waals surface area contributed by atoms with E-state index >= 15 is 0 Å². The molecule has 0 aliphatic carbocycles. The van der Waals surface area contributed by atoms with Gasteiger partial charge in [-0.15, -0.1) is 0 Å². The molecule has 0 aliphatic heterocycles. The minimum Gasteiger partial charge on any atom is -0.508 e. The van der Waals surface area contributed by atoms with Gasteiger partial charge in [0, 0.05) is 21.5 Å². The molecule has 0 spiro atoms. The van der Waals surface area contributed by atoms with Gasteiger partial charge in [0.2, 0.25) is 0 Å². The Bertz CT molecular complexity index is 1040. The second kappa shape index (κ2) is 7.03. The van der Waals surface area contributed by atoms with Crippen LogP contribution in [-0.4, -0.2) is 5.11 Å². The van der Waals surface area contributed by atoms with Crippen molar-refractivity contribution >= 4 is 34.0 Å². The number of hydrogen-bond acceptors (Lipinski definition) is 1. The zero-order valence-corrected chi connectivity index (χ0v) is 15.4. The monoisotopic (exact) mass is 378 g/mol. The van der Waals surface area contributed by atoms with Gasteiger partial charge in [-0.2, -0.15) is 0 Å². The number of benzene rings is 4. The van der Waals surface area contributed by atoms with Crippen molar-refractivity contribution in [3.8, 4) is 5.75 Å². The lowest BCUT2D eigenvalue weighted by Crippen LogP contribution is -2.06. The third-order valence-electron chi connectivity index (χ3n) is 4.67. The Morgan fingerprint density at radius 1 is 0.615 bits per heavy atom. The average Bonchev–Trinajstić information content (AvgIpc) is 2.66. The van der Waals surface area contributed by atoms with Gasteiger partial charge in [0.15, 0.2) is 0 Å². The van der Waals surface area contributed by atoms with Crippen molar-refractivity contribution in [1.82, 2.24) is 0 Å². The Hall–Kier alpha value is -2.48. The second-order valence-electron chi connectivity index (χ2n) is 6.20. The summed E-state index contributed by atoms with van der Waals surface area (Å²) >= 11 is 13.1. The maximum atomic E-state index is 10.8. The molecule has 0 unspecified atom stereocenters. The van der Waals surface area contributed by atoms with Crippen LogP contribution in [0.4, 0.5) is 0 Å². The van der Waals surface area contributed by atoms with Crippen LogP contribution in [-0.2, 0) is 0 Å². The van der Waals surface area contributed by atoms with Crippen molar-refractivity contribution in [2.24, 2.45) is 0 Å². The Morgan fingerprint density at radius 3 is 1.77 bits per heavy atom. The summed E-state index contributed by atoms with van der Waals surface area (Å²) in [6.45, 7) is 0. The Morgan fingerprint density at radius 2 is 1.15 bits per heavy atom. The molecule has 1 nitrogen and oxygen atoms in total. The van der Waals surface area contributed by atoms with Crippen LogP contribution in [0.2, 0.25) is 10.0 Å². The van der Waals surface area contributed by atoms with Crippen molar-refractivity contribution in [2.45, 2.75) is 5.92 Å². The number of aromatic hydroxyl groups is 1. The lowest BCUT2D eigenvalue weighted by molar-refractivity contribution is 0.468. The molecule has 0 saturated carbocycles. The molecule has 0 heterocycles. The van der Waals surface area contributed by atoms with Crippen molar-refractivity contribution < 1.29 is 5.11 Å². The van der Waals surface area contributed by atoms with Crippen LogP contribution in [0.15, 0.2) is 84.9 Å². The number of rotatable bonds is 3. The third kappa shape index (κ3) is 2.94. The van der Waals surface area contributed by atoms with E-state index in [0.29, 0.717) is 10.0 Å². The lowest BCUT2D eigenvalue weighted by atomic mass is 9.82. The molecule has 0 aromatic heterocycles. The van der Waals surface area contributed by atoms with E-state index in [2.05, 4.69) is 0 Å². The Kier molecular flexibility index (Phi) is 4.58. The van der Waals surface area contributed by atoms with Gasteiger partial charge >= 0.3 is 0 Å². The highest BCUT2D eigenvalue weighted by atomic mass is 35.5. The first-order valence-corrected chi connectivity index (χ1v) is 9.12. The molecule has 4 aromatic rings. The molecule has 26 heavy (non-hydrogen) atoms. The molecule has 0 amide bonds. The average molecular weight is 379 g/mol. The van der Waals surface area contributed by atoms with E-state index in [-0.39, 0.29) is 11.7 Å². The van der Waals surface area contributed by atoms with Gasteiger partial charge in [0.05, 0.1) is 0 Å². The maximum absolute atomic E-state index is 10.8. The van der Waals surface area contributed by atoms with Gasteiger partial charge in [0.25, 0.3) is 0 Å². The first kappa shape index (κ1) is 17.0. The first-order valence-electron chi connectivity index (χ1n) is 8.36. The van der Waals surface area contributed by atoms with Crippen molar-refractivity contribution in [3.63, 3.8) is 0 Å². The second-order valence-corrected chi connectivity index (χ2v) is 7.01. The van der Waals surface area contributed by atoms with Crippen LogP contribution < -0.4 is 0 Å². The third-order valence-corrected chi connectivity index (χ3v) is 5.36. The molecule has 4 aromatic carbocycles. The van der Waals surface area contributed by atoms with Gasteiger partial charge in [-0.3, -0.25) is 0 Å². The summed E-state index contributed by atoms with van der Waals surface area (Å²) in [5.41, 5.74) is 2.63. The summed E-state index contributed by atoms with van der Waals surface area (Å²) in [5, 5.41) is 14.1. The van der Waals surface area contributed by atoms with E-state index in [1.165, 1.54) is 0 Å². The molecular weight excluding hydrogens is 363 g/mol. The van der Waals surface area contributed by atoms with E-state index in [0.717, 1.165) is 27.5 Å². The van der Waals surface area contributed by atoms with Crippen LogP contribution in [0, 0.1) is 0 Å². The fourth-order valence-electron chi connectivity index (χ4n) is 3.48. The van der Waals surface area contributed by atoms with Gasteiger partial charge in [-0.1, -0.05) is 89.9 Å². The highest BCUT2D eigenvalue weighted by molar-refractivity contribution is 6.32. The molecule has 0 bridgehead atoms. The smallest absolute Gasteiger partial charge is 0.120 e. The van der Waals surface area contributed by atoms with Crippen LogP contribution in [0.1, 0.15) is 22.6 Å². The predicted molar refractivity (Wildman–Crippen MR) is 109 cm³/mol. The summed E-state index contributed by atoms with van der Waals surface area (Å²) < 4.78 is 0. The van der Waals surface area contributed by atoms with E-state index in [4.69, 9.17) is 23.2 Å². The molecular formula is C23H16Cl2O. The quantitative estimate of drug-likeness (QED) is 0.379.